The van der Waals surface area contributed by atoms with Gasteiger partial charge in [0.15, 0.2) is 5.79 Å². The van der Waals surface area contributed by atoms with Gasteiger partial charge in [0.1, 0.15) is 0 Å². The second-order valence-electron chi connectivity index (χ2n) is 5.68. The predicted octanol–water partition coefficient (Wildman–Crippen LogP) is 2.79. The highest BCUT2D eigenvalue weighted by atomic mass is 79.9. The molecule has 1 N–H and O–H groups in total. The molecule has 0 unspecified atom stereocenters. The number of benzene rings is 1. The fraction of sp³-hybridized carbons (Fsp3) is 0.562. The average Bonchev–Trinajstić information content (AvgIpc) is 2.93. The molecule has 0 aromatic heterocycles. The van der Waals surface area contributed by atoms with Gasteiger partial charge in [-0.05, 0) is 30.5 Å². The number of hydrogen-bond acceptors (Lipinski definition) is 3. The summed E-state index contributed by atoms with van der Waals surface area (Å²) in [4.78, 5) is 12.3. The Kier molecular flexibility index (Phi) is 4.62. The first-order valence-corrected chi connectivity index (χ1v) is 8.29. The minimum Gasteiger partial charge on any atom is -0.348 e. The molecule has 1 aromatic rings. The number of carbonyl (C=O) groups excluding carboxylic acids is 1. The summed E-state index contributed by atoms with van der Waals surface area (Å²) in [5, 5.41) is 3.11. The lowest BCUT2D eigenvalue weighted by molar-refractivity contribution is -0.196. The number of ether oxygens (including phenoxy) is 2. The number of nitrogens with one attached hydrogen (secondary N) is 1. The van der Waals surface area contributed by atoms with Crippen LogP contribution in [0, 0.1) is 0 Å². The Morgan fingerprint density at radius 3 is 2.67 bits per heavy atom. The van der Waals surface area contributed by atoms with Crippen LogP contribution >= 0.6 is 15.9 Å². The Morgan fingerprint density at radius 2 is 1.95 bits per heavy atom. The van der Waals surface area contributed by atoms with Gasteiger partial charge in [-0.25, -0.2) is 0 Å². The maximum Gasteiger partial charge on any atom is 0.224 e. The highest BCUT2D eigenvalue weighted by Crippen LogP contribution is 2.36. The Bertz CT molecular complexity index is 497. The number of halogens is 1. The van der Waals surface area contributed by atoms with Gasteiger partial charge in [0.2, 0.25) is 5.91 Å². The average molecular weight is 354 g/mol. The fourth-order valence-corrected chi connectivity index (χ4v) is 3.41. The van der Waals surface area contributed by atoms with E-state index in [4.69, 9.17) is 9.47 Å². The van der Waals surface area contributed by atoms with Crippen LogP contribution in [0.4, 0.5) is 0 Å². The number of rotatable bonds is 3. The zero-order valence-corrected chi connectivity index (χ0v) is 13.5. The molecule has 1 spiro atoms. The quantitative estimate of drug-likeness (QED) is 0.908. The van der Waals surface area contributed by atoms with Gasteiger partial charge < -0.3 is 14.8 Å². The summed E-state index contributed by atoms with van der Waals surface area (Å²) >= 11 is 3.40. The van der Waals surface area contributed by atoms with E-state index < -0.39 is 5.79 Å². The maximum absolute atomic E-state index is 12.3. The molecule has 3 rings (SSSR count). The molecule has 4 nitrogen and oxygen atoms in total. The molecule has 1 aliphatic carbocycles. The van der Waals surface area contributed by atoms with Gasteiger partial charge in [0.05, 0.1) is 25.7 Å². The first-order chi connectivity index (χ1) is 10.2. The topological polar surface area (TPSA) is 47.6 Å². The molecule has 0 radical (unpaired) electrons. The first kappa shape index (κ1) is 15.0. The van der Waals surface area contributed by atoms with Gasteiger partial charge in [0, 0.05) is 10.9 Å². The van der Waals surface area contributed by atoms with Gasteiger partial charge in [0.25, 0.3) is 0 Å². The van der Waals surface area contributed by atoms with Crippen LogP contribution in [0.1, 0.15) is 31.2 Å². The minimum atomic E-state index is -0.576. The van der Waals surface area contributed by atoms with Crippen molar-refractivity contribution in [3.63, 3.8) is 0 Å². The SMILES string of the molecule is O=C(Cc1ccc(Br)cc1)N[C@H]1CCCCC12OCCO2. The van der Waals surface area contributed by atoms with E-state index in [0.717, 1.165) is 35.7 Å². The lowest BCUT2D eigenvalue weighted by atomic mass is 9.88. The van der Waals surface area contributed by atoms with Gasteiger partial charge in [-0.2, -0.15) is 0 Å². The van der Waals surface area contributed by atoms with E-state index in [1.165, 1.54) is 0 Å². The van der Waals surface area contributed by atoms with Crippen LogP contribution in [0.3, 0.4) is 0 Å². The number of hydrogen-bond donors (Lipinski definition) is 1. The minimum absolute atomic E-state index is 0.0303. The summed E-state index contributed by atoms with van der Waals surface area (Å²) in [6.07, 6.45) is 4.39. The molecule has 1 heterocycles. The lowest BCUT2D eigenvalue weighted by Gasteiger charge is -2.39. The molecule has 1 saturated heterocycles. The van der Waals surface area contributed by atoms with Crippen LogP contribution in [0.15, 0.2) is 28.7 Å². The normalized spacial score (nSPS) is 24.1. The lowest BCUT2D eigenvalue weighted by Crippen LogP contribution is -2.55. The molecular formula is C16H20BrNO3. The molecule has 2 fully saturated rings. The molecule has 1 aliphatic heterocycles. The van der Waals surface area contributed by atoms with Crippen LogP contribution in [0.2, 0.25) is 0 Å². The molecule has 1 aromatic carbocycles. The van der Waals surface area contributed by atoms with Crippen molar-refractivity contribution in [3.05, 3.63) is 34.3 Å². The summed E-state index contributed by atoms with van der Waals surface area (Å²) in [7, 11) is 0. The van der Waals surface area contributed by atoms with Crippen molar-refractivity contribution < 1.29 is 14.3 Å². The van der Waals surface area contributed by atoms with Crippen LogP contribution in [-0.4, -0.2) is 30.9 Å². The largest absolute Gasteiger partial charge is 0.348 e. The molecule has 114 valence electrons. The molecule has 2 aliphatic rings. The third kappa shape index (κ3) is 3.47. The van der Waals surface area contributed by atoms with E-state index in [1.807, 2.05) is 24.3 Å². The molecule has 1 atom stereocenters. The molecule has 21 heavy (non-hydrogen) atoms. The second-order valence-corrected chi connectivity index (χ2v) is 6.59. The Morgan fingerprint density at radius 1 is 1.24 bits per heavy atom. The Hall–Kier alpha value is -0.910. The summed E-state index contributed by atoms with van der Waals surface area (Å²) in [6.45, 7) is 1.25. The first-order valence-electron chi connectivity index (χ1n) is 7.50. The summed E-state index contributed by atoms with van der Waals surface area (Å²) in [6, 6.07) is 7.80. The van der Waals surface area contributed by atoms with E-state index in [1.54, 1.807) is 0 Å². The predicted molar refractivity (Wildman–Crippen MR) is 82.9 cm³/mol. The van der Waals surface area contributed by atoms with Crippen LogP contribution in [0.25, 0.3) is 0 Å². The van der Waals surface area contributed by atoms with Crippen molar-refractivity contribution in [2.45, 2.75) is 43.9 Å². The number of amides is 1. The van der Waals surface area contributed by atoms with Crippen LogP contribution < -0.4 is 5.32 Å². The van der Waals surface area contributed by atoms with Crippen molar-refractivity contribution in [2.75, 3.05) is 13.2 Å². The standard InChI is InChI=1S/C16H20BrNO3/c17-13-6-4-12(5-7-13)11-15(19)18-14-3-1-2-8-16(14)20-9-10-21-16/h4-7,14H,1-3,8-11H2,(H,18,19)/t14-/m0/s1. The smallest absolute Gasteiger partial charge is 0.224 e. The van der Waals surface area contributed by atoms with Crippen molar-refractivity contribution >= 4 is 21.8 Å². The molecule has 1 saturated carbocycles. The molecular weight excluding hydrogens is 334 g/mol. The van der Waals surface area contributed by atoms with Crippen LogP contribution in [-0.2, 0) is 20.7 Å². The Balaban J connectivity index is 1.61. The molecule has 0 bridgehead atoms. The van der Waals surface area contributed by atoms with Crippen LogP contribution in [0.5, 0.6) is 0 Å². The van der Waals surface area contributed by atoms with E-state index in [0.29, 0.717) is 19.6 Å². The third-order valence-electron chi connectivity index (χ3n) is 4.19. The van der Waals surface area contributed by atoms with Gasteiger partial charge in [-0.15, -0.1) is 0 Å². The highest BCUT2D eigenvalue weighted by molar-refractivity contribution is 9.10. The fourth-order valence-electron chi connectivity index (χ4n) is 3.15. The van der Waals surface area contributed by atoms with Crippen molar-refractivity contribution in [2.24, 2.45) is 0 Å². The van der Waals surface area contributed by atoms with Crippen molar-refractivity contribution in [1.29, 1.82) is 0 Å². The van der Waals surface area contributed by atoms with E-state index in [9.17, 15) is 4.79 Å². The van der Waals surface area contributed by atoms with Crippen molar-refractivity contribution in [3.8, 4) is 0 Å². The zero-order chi connectivity index (χ0) is 14.7. The highest BCUT2D eigenvalue weighted by Gasteiger charge is 2.46. The molecule has 5 heteroatoms. The maximum atomic E-state index is 12.3. The van der Waals surface area contributed by atoms with E-state index >= 15 is 0 Å². The zero-order valence-electron chi connectivity index (χ0n) is 11.9. The van der Waals surface area contributed by atoms with Gasteiger partial charge in [-0.3, -0.25) is 4.79 Å². The summed E-state index contributed by atoms with van der Waals surface area (Å²) in [5.41, 5.74) is 1.01. The number of carbonyl (C=O) groups is 1. The van der Waals surface area contributed by atoms with Gasteiger partial charge >= 0.3 is 0 Å². The van der Waals surface area contributed by atoms with Gasteiger partial charge in [-0.1, -0.05) is 34.5 Å². The summed E-state index contributed by atoms with van der Waals surface area (Å²) in [5.74, 6) is -0.545. The monoisotopic (exact) mass is 353 g/mol. The van der Waals surface area contributed by atoms with Crippen molar-refractivity contribution in [1.82, 2.24) is 5.32 Å². The third-order valence-corrected chi connectivity index (χ3v) is 4.72. The Labute approximate surface area is 133 Å². The van der Waals surface area contributed by atoms with E-state index in [-0.39, 0.29) is 11.9 Å². The summed E-state index contributed by atoms with van der Waals surface area (Å²) < 4.78 is 12.7. The second kappa shape index (κ2) is 6.46. The van der Waals surface area contributed by atoms with E-state index in [2.05, 4.69) is 21.2 Å². The molecule has 1 amide bonds.